The van der Waals surface area contributed by atoms with Crippen LogP contribution in [0.15, 0.2) is 24.4 Å². The van der Waals surface area contributed by atoms with Gasteiger partial charge in [0.25, 0.3) is 0 Å². The van der Waals surface area contributed by atoms with Crippen LogP contribution < -0.4 is 5.73 Å². The Bertz CT molecular complexity index is 542. The van der Waals surface area contributed by atoms with E-state index in [0.717, 1.165) is 5.56 Å². The van der Waals surface area contributed by atoms with Crippen molar-refractivity contribution in [1.82, 2.24) is 4.98 Å². The molecule has 0 aliphatic heterocycles. The standard InChI is InChI=1S/C10H6FN3Se/c11-9-5-14-10(15-9)6-1-2-8(13)7(3-6)4-12/h1-3,5H,13H2. The average Bonchev–Trinajstić information content (AvgIpc) is 2.66. The molecule has 0 radical (unpaired) electrons. The molecule has 0 aliphatic carbocycles. The molecule has 0 fully saturated rings. The number of hydrogen-bond acceptors (Lipinski definition) is 3. The van der Waals surface area contributed by atoms with Gasteiger partial charge in [0.2, 0.25) is 0 Å². The van der Waals surface area contributed by atoms with E-state index in [1.165, 1.54) is 6.20 Å². The summed E-state index contributed by atoms with van der Waals surface area (Å²) in [5, 5.41) is 8.79. The molecule has 15 heavy (non-hydrogen) atoms. The molecular formula is C10H6FN3Se. The molecule has 1 aromatic heterocycles. The number of hydrogen-bond donors (Lipinski definition) is 1. The predicted octanol–water partition coefficient (Wildman–Crippen LogP) is 1.40. The Morgan fingerprint density at radius 2 is 2.27 bits per heavy atom. The second-order valence-corrected chi connectivity index (χ2v) is 4.94. The van der Waals surface area contributed by atoms with E-state index in [9.17, 15) is 4.39 Å². The molecule has 0 aliphatic rings. The Balaban J connectivity index is 2.51. The van der Waals surface area contributed by atoms with E-state index in [-0.39, 0.29) is 19.2 Å². The van der Waals surface area contributed by atoms with Crippen LogP contribution in [0.4, 0.5) is 10.1 Å². The van der Waals surface area contributed by atoms with Crippen LogP contribution in [0.1, 0.15) is 5.56 Å². The number of halogens is 1. The van der Waals surface area contributed by atoms with Crippen LogP contribution in [0.25, 0.3) is 10.1 Å². The molecule has 1 heterocycles. The molecule has 5 heteroatoms. The Hall–Kier alpha value is -1.63. The summed E-state index contributed by atoms with van der Waals surface area (Å²) < 4.78 is 13.3. The van der Waals surface area contributed by atoms with Crippen molar-refractivity contribution in [1.29, 1.82) is 5.26 Å². The second kappa shape index (κ2) is 3.85. The van der Waals surface area contributed by atoms with Crippen molar-refractivity contribution in [2.75, 3.05) is 5.73 Å². The summed E-state index contributed by atoms with van der Waals surface area (Å²) in [6, 6.07) is 7.02. The Kier molecular flexibility index (Phi) is 2.55. The molecule has 0 bridgehead atoms. The quantitative estimate of drug-likeness (QED) is 0.626. The summed E-state index contributed by atoms with van der Waals surface area (Å²) >= 11 is -0.372. The Labute approximate surface area is 91.7 Å². The van der Waals surface area contributed by atoms with E-state index < -0.39 is 0 Å². The van der Waals surface area contributed by atoms with Crippen molar-refractivity contribution >= 4 is 20.2 Å². The van der Waals surface area contributed by atoms with E-state index in [0.29, 0.717) is 15.8 Å². The van der Waals surface area contributed by atoms with Crippen molar-refractivity contribution < 1.29 is 4.39 Å². The topological polar surface area (TPSA) is 62.7 Å². The van der Waals surface area contributed by atoms with Crippen LogP contribution in [0.2, 0.25) is 0 Å². The van der Waals surface area contributed by atoms with Crippen molar-refractivity contribution in [2.45, 2.75) is 0 Å². The number of anilines is 1. The summed E-state index contributed by atoms with van der Waals surface area (Å²) in [4.78, 5) is 3.95. The number of aromatic nitrogens is 1. The molecule has 0 atom stereocenters. The van der Waals surface area contributed by atoms with Gasteiger partial charge in [-0.3, -0.25) is 0 Å². The molecule has 3 nitrogen and oxygen atoms in total. The molecule has 0 unspecified atom stereocenters. The van der Waals surface area contributed by atoms with Crippen molar-refractivity contribution in [3.05, 3.63) is 34.7 Å². The van der Waals surface area contributed by atoms with Gasteiger partial charge in [0, 0.05) is 0 Å². The molecule has 2 N–H and O–H groups in total. The number of nitrogens with zero attached hydrogens (tertiary/aromatic N) is 2. The third kappa shape index (κ3) is 1.91. The molecule has 0 spiro atoms. The van der Waals surface area contributed by atoms with Gasteiger partial charge in [0.05, 0.1) is 0 Å². The summed E-state index contributed by atoms with van der Waals surface area (Å²) in [7, 11) is 0. The minimum atomic E-state index is -0.372. The molecule has 0 saturated carbocycles. The van der Waals surface area contributed by atoms with Crippen molar-refractivity contribution in [3.63, 3.8) is 0 Å². The third-order valence-corrected chi connectivity index (χ3v) is 3.65. The van der Waals surface area contributed by atoms with Gasteiger partial charge in [-0.05, 0) is 0 Å². The molecule has 74 valence electrons. The van der Waals surface area contributed by atoms with E-state index in [1.54, 1.807) is 18.2 Å². The summed E-state index contributed by atoms with van der Waals surface area (Å²) in [6.45, 7) is 0. The molecular weight excluding hydrogens is 260 g/mol. The van der Waals surface area contributed by atoms with Gasteiger partial charge in [-0.2, -0.15) is 0 Å². The van der Waals surface area contributed by atoms with Crippen molar-refractivity contribution in [2.24, 2.45) is 0 Å². The number of rotatable bonds is 1. The van der Waals surface area contributed by atoms with Gasteiger partial charge in [-0.25, -0.2) is 0 Å². The number of nitrogen functional groups attached to an aromatic ring is 1. The normalized spacial score (nSPS) is 9.87. The maximum atomic E-state index is 12.8. The number of nitriles is 1. The third-order valence-electron chi connectivity index (χ3n) is 1.90. The zero-order valence-corrected chi connectivity index (χ0v) is 9.28. The van der Waals surface area contributed by atoms with E-state index in [2.05, 4.69) is 4.98 Å². The molecule has 0 saturated heterocycles. The summed E-state index contributed by atoms with van der Waals surface area (Å²) in [5.74, 6) is 0. The summed E-state index contributed by atoms with van der Waals surface area (Å²) in [5.41, 5.74) is 7.18. The first-order valence-corrected chi connectivity index (χ1v) is 5.83. The molecule has 2 aromatic rings. The average molecular weight is 266 g/mol. The fraction of sp³-hybridized carbons (Fsp3) is 0. The first-order chi connectivity index (χ1) is 7.20. The molecule has 2 rings (SSSR count). The van der Waals surface area contributed by atoms with Crippen LogP contribution in [0.3, 0.4) is 0 Å². The van der Waals surface area contributed by atoms with Crippen LogP contribution in [0, 0.1) is 16.0 Å². The van der Waals surface area contributed by atoms with Gasteiger partial charge in [-0.1, -0.05) is 0 Å². The Morgan fingerprint density at radius 3 is 2.87 bits per heavy atom. The van der Waals surface area contributed by atoms with Gasteiger partial charge in [0.1, 0.15) is 0 Å². The van der Waals surface area contributed by atoms with Crippen LogP contribution in [-0.4, -0.2) is 19.5 Å². The van der Waals surface area contributed by atoms with Gasteiger partial charge < -0.3 is 0 Å². The fourth-order valence-electron chi connectivity index (χ4n) is 1.17. The van der Waals surface area contributed by atoms with E-state index in [4.69, 9.17) is 11.0 Å². The maximum absolute atomic E-state index is 12.8. The number of nitrogens with two attached hydrogens (primary N) is 1. The molecule has 1 aromatic carbocycles. The van der Waals surface area contributed by atoms with Crippen LogP contribution >= 0.6 is 0 Å². The van der Waals surface area contributed by atoms with Gasteiger partial charge in [0.15, 0.2) is 0 Å². The van der Waals surface area contributed by atoms with Crippen LogP contribution in [0.5, 0.6) is 0 Å². The Morgan fingerprint density at radius 1 is 1.47 bits per heavy atom. The van der Waals surface area contributed by atoms with Gasteiger partial charge >= 0.3 is 91.4 Å². The number of benzene rings is 1. The van der Waals surface area contributed by atoms with E-state index >= 15 is 0 Å². The zero-order chi connectivity index (χ0) is 10.8. The summed E-state index contributed by atoms with van der Waals surface area (Å²) in [6.07, 6.45) is 1.22. The SMILES string of the molecule is N#Cc1cc(-c2ncc(F)[se]2)ccc1N. The van der Waals surface area contributed by atoms with Crippen molar-refractivity contribution in [3.8, 4) is 16.2 Å². The predicted molar refractivity (Wildman–Crippen MR) is 55.7 cm³/mol. The zero-order valence-electron chi connectivity index (χ0n) is 7.57. The first-order valence-electron chi connectivity index (χ1n) is 4.12. The molecule has 0 amide bonds. The van der Waals surface area contributed by atoms with Gasteiger partial charge in [-0.15, -0.1) is 0 Å². The fourth-order valence-corrected chi connectivity index (χ4v) is 2.52. The van der Waals surface area contributed by atoms with E-state index in [1.807, 2.05) is 6.07 Å². The second-order valence-electron chi connectivity index (χ2n) is 2.88. The van der Waals surface area contributed by atoms with Crippen LogP contribution in [-0.2, 0) is 0 Å². The minimum absolute atomic E-state index is 0.201. The monoisotopic (exact) mass is 267 g/mol. The first kappa shape index (κ1) is 9.91.